The third-order valence-corrected chi connectivity index (χ3v) is 4.43. The van der Waals surface area contributed by atoms with Crippen molar-refractivity contribution in [2.45, 2.75) is 6.61 Å². The zero-order chi connectivity index (χ0) is 18.4. The number of nitrogens with one attached hydrogen (secondary N) is 2. The molecule has 0 fully saturated rings. The lowest BCUT2D eigenvalue weighted by Crippen LogP contribution is -2.13. The molecule has 2 N–H and O–H groups in total. The summed E-state index contributed by atoms with van der Waals surface area (Å²) < 4.78 is 12.0. The average molecular weight is 411 g/mol. The van der Waals surface area contributed by atoms with Gasteiger partial charge in [-0.15, -0.1) is 0 Å². The molecule has 132 valence electrons. The molecule has 0 aromatic heterocycles. The number of benzene rings is 3. The van der Waals surface area contributed by atoms with E-state index in [-0.39, 0.29) is 5.84 Å². The maximum atomic E-state index is 8.42. The first-order valence-corrected chi connectivity index (χ1v) is 8.92. The summed E-state index contributed by atoms with van der Waals surface area (Å²) in [6.07, 6.45) is 0. The minimum Gasteiger partial charge on any atom is -0.496 e. The summed E-state index contributed by atoms with van der Waals surface area (Å²) in [5, 5.41) is 11.5. The normalized spacial score (nSPS) is 10.2. The molecule has 3 aromatic rings. The van der Waals surface area contributed by atoms with Crippen LogP contribution in [0.1, 0.15) is 11.1 Å². The minimum absolute atomic E-state index is 0.269. The van der Waals surface area contributed by atoms with Gasteiger partial charge < -0.3 is 14.8 Å². The highest BCUT2D eigenvalue weighted by Crippen LogP contribution is 2.28. The van der Waals surface area contributed by atoms with Gasteiger partial charge >= 0.3 is 0 Å². The summed E-state index contributed by atoms with van der Waals surface area (Å²) in [4.78, 5) is 0. The Morgan fingerprint density at radius 3 is 2.42 bits per heavy atom. The van der Waals surface area contributed by atoms with Crippen molar-refractivity contribution in [2.24, 2.45) is 0 Å². The van der Waals surface area contributed by atoms with Gasteiger partial charge in [0.15, 0.2) is 0 Å². The molecule has 0 aliphatic carbocycles. The standard InChI is InChI=1S/C21H19BrN2O2/c1-25-20-12-11-16(13-18(20)22)24-21(23)17-9-5-6-10-19(17)26-14-15-7-3-2-4-8-15/h2-13H,14H2,1H3,(H2,23,24). The topological polar surface area (TPSA) is 54.3 Å². The van der Waals surface area contributed by atoms with Crippen LogP contribution in [0.4, 0.5) is 5.69 Å². The fraction of sp³-hybridized carbons (Fsp3) is 0.0952. The van der Waals surface area contributed by atoms with Gasteiger partial charge in [-0.05, 0) is 51.8 Å². The van der Waals surface area contributed by atoms with Gasteiger partial charge in [-0.25, -0.2) is 0 Å². The van der Waals surface area contributed by atoms with Gasteiger partial charge in [0.05, 0.1) is 17.1 Å². The van der Waals surface area contributed by atoms with Gasteiger partial charge in [-0.2, -0.15) is 0 Å². The molecule has 0 heterocycles. The maximum absolute atomic E-state index is 8.42. The van der Waals surface area contributed by atoms with Crippen molar-refractivity contribution in [1.29, 1.82) is 5.41 Å². The largest absolute Gasteiger partial charge is 0.496 e. The first-order valence-electron chi connectivity index (χ1n) is 8.12. The first-order chi connectivity index (χ1) is 12.7. The molecule has 4 nitrogen and oxygen atoms in total. The Morgan fingerprint density at radius 2 is 1.69 bits per heavy atom. The Hall–Kier alpha value is -2.79. The van der Waals surface area contributed by atoms with Crippen LogP contribution in [0.2, 0.25) is 0 Å². The smallest absolute Gasteiger partial charge is 0.133 e. The Balaban J connectivity index is 1.74. The number of rotatable bonds is 6. The second-order valence-corrected chi connectivity index (χ2v) is 6.47. The second kappa shape index (κ2) is 8.54. The average Bonchev–Trinajstić information content (AvgIpc) is 2.67. The summed E-state index contributed by atoms with van der Waals surface area (Å²) in [5.74, 6) is 1.68. The van der Waals surface area contributed by atoms with Gasteiger partial charge in [-0.3, -0.25) is 5.41 Å². The van der Waals surface area contributed by atoms with Crippen LogP contribution in [0.15, 0.2) is 77.3 Å². The zero-order valence-corrected chi connectivity index (χ0v) is 15.9. The SMILES string of the molecule is COc1ccc(NC(=N)c2ccccc2OCc2ccccc2)cc1Br. The van der Waals surface area contributed by atoms with Crippen molar-refractivity contribution >= 4 is 27.5 Å². The molecule has 3 aromatic carbocycles. The van der Waals surface area contributed by atoms with Gasteiger partial charge in [0.25, 0.3) is 0 Å². The molecule has 0 radical (unpaired) electrons. The molecule has 5 heteroatoms. The Bertz CT molecular complexity index is 898. The van der Waals surface area contributed by atoms with Crippen LogP contribution in [-0.2, 0) is 6.61 Å². The van der Waals surface area contributed by atoms with E-state index in [1.54, 1.807) is 7.11 Å². The van der Waals surface area contributed by atoms with E-state index >= 15 is 0 Å². The summed E-state index contributed by atoms with van der Waals surface area (Å²) in [5.41, 5.74) is 2.58. The summed E-state index contributed by atoms with van der Waals surface area (Å²) in [6, 6.07) is 23.1. The molecular weight excluding hydrogens is 392 g/mol. The van der Waals surface area contributed by atoms with E-state index in [0.717, 1.165) is 21.5 Å². The number of hydrogen-bond acceptors (Lipinski definition) is 3. The van der Waals surface area contributed by atoms with Crippen molar-refractivity contribution < 1.29 is 9.47 Å². The van der Waals surface area contributed by atoms with E-state index < -0.39 is 0 Å². The number of methoxy groups -OCH3 is 1. The van der Waals surface area contributed by atoms with Crippen LogP contribution in [0.25, 0.3) is 0 Å². The van der Waals surface area contributed by atoms with E-state index in [9.17, 15) is 0 Å². The number of anilines is 1. The number of halogens is 1. The lowest BCUT2D eigenvalue weighted by atomic mass is 10.1. The van der Waals surface area contributed by atoms with Gasteiger partial charge in [0, 0.05) is 5.69 Å². The van der Waals surface area contributed by atoms with Crippen molar-refractivity contribution in [3.8, 4) is 11.5 Å². The van der Waals surface area contributed by atoms with E-state index in [4.69, 9.17) is 14.9 Å². The van der Waals surface area contributed by atoms with Crippen molar-refractivity contribution in [3.05, 3.63) is 88.4 Å². The molecular formula is C21H19BrN2O2. The summed E-state index contributed by atoms with van der Waals surface area (Å²) in [6.45, 7) is 0.458. The highest BCUT2D eigenvalue weighted by molar-refractivity contribution is 9.10. The highest BCUT2D eigenvalue weighted by Gasteiger charge is 2.10. The summed E-state index contributed by atoms with van der Waals surface area (Å²) >= 11 is 3.46. The molecule has 0 aliphatic rings. The van der Waals surface area contributed by atoms with Crippen LogP contribution in [0.3, 0.4) is 0 Å². The monoisotopic (exact) mass is 410 g/mol. The van der Waals surface area contributed by atoms with Gasteiger partial charge in [-0.1, -0.05) is 42.5 Å². The third kappa shape index (κ3) is 4.43. The third-order valence-electron chi connectivity index (χ3n) is 3.81. The minimum atomic E-state index is 0.269. The van der Waals surface area contributed by atoms with Crippen LogP contribution in [0, 0.1) is 5.41 Å². The van der Waals surface area contributed by atoms with Crippen LogP contribution >= 0.6 is 15.9 Å². The number of para-hydroxylation sites is 1. The van der Waals surface area contributed by atoms with E-state index in [2.05, 4.69) is 21.2 Å². The molecule has 0 bridgehead atoms. The lowest BCUT2D eigenvalue weighted by Gasteiger charge is -2.14. The lowest BCUT2D eigenvalue weighted by molar-refractivity contribution is 0.305. The number of ether oxygens (including phenoxy) is 2. The number of hydrogen-bond donors (Lipinski definition) is 2. The molecule has 0 saturated heterocycles. The molecule has 26 heavy (non-hydrogen) atoms. The van der Waals surface area contributed by atoms with Crippen LogP contribution in [0.5, 0.6) is 11.5 Å². The molecule has 0 atom stereocenters. The first kappa shape index (κ1) is 18.0. The van der Waals surface area contributed by atoms with E-state index in [1.807, 2.05) is 72.8 Å². The van der Waals surface area contributed by atoms with Crippen molar-refractivity contribution in [2.75, 3.05) is 12.4 Å². The highest BCUT2D eigenvalue weighted by atomic mass is 79.9. The van der Waals surface area contributed by atoms with Crippen LogP contribution < -0.4 is 14.8 Å². The quantitative estimate of drug-likeness (QED) is 0.418. The Kier molecular flexibility index (Phi) is 5.92. The maximum Gasteiger partial charge on any atom is 0.133 e. The summed E-state index contributed by atoms with van der Waals surface area (Å²) in [7, 11) is 1.62. The molecule has 0 unspecified atom stereocenters. The molecule has 0 saturated carbocycles. The molecule has 0 spiro atoms. The molecule has 0 aliphatic heterocycles. The zero-order valence-electron chi connectivity index (χ0n) is 14.3. The van der Waals surface area contributed by atoms with E-state index in [0.29, 0.717) is 17.9 Å². The van der Waals surface area contributed by atoms with Gasteiger partial charge in [0.1, 0.15) is 23.9 Å². The van der Waals surface area contributed by atoms with Crippen molar-refractivity contribution in [3.63, 3.8) is 0 Å². The second-order valence-electron chi connectivity index (χ2n) is 5.62. The van der Waals surface area contributed by atoms with E-state index in [1.165, 1.54) is 0 Å². The predicted molar refractivity (Wildman–Crippen MR) is 108 cm³/mol. The number of amidine groups is 1. The van der Waals surface area contributed by atoms with Crippen molar-refractivity contribution in [1.82, 2.24) is 0 Å². The van der Waals surface area contributed by atoms with Crippen LogP contribution in [-0.4, -0.2) is 12.9 Å². The Morgan fingerprint density at radius 1 is 0.962 bits per heavy atom. The Labute approximate surface area is 161 Å². The fourth-order valence-corrected chi connectivity index (χ4v) is 3.03. The molecule has 3 rings (SSSR count). The van der Waals surface area contributed by atoms with Gasteiger partial charge in [0.2, 0.25) is 0 Å². The molecule has 0 amide bonds. The predicted octanol–water partition coefficient (Wildman–Crippen LogP) is 5.47. The fourth-order valence-electron chi connectivity index (χ4n) is 2.49.